The molecule has 37 heavy (non-hydrogen) atoms. The number of benzene rings is 1. The first kappa shape index (κ1) is 26.3. The van der Waals surface area contributed by atoms with Crippen molar-refractivity contribution < 1.29 is 14.4 Å². The third-order valence-corrected chi connectivity index (χ3v) is 6.53. The zero-order valence-corrected chi connectivity index (χ0v) is 21.7. The molecule has 0 fully saturated rings. The van der Waals surface area contributed by atoms with Crippen LogP contribution in [-0.4, -0.2) is 63.1 Å². The first-order chi connectivity index (χ1) is 17.7. The molecule has 3 heterocycles. The van der Waals surface area contributed by atoms with Gasteiger partial charge in [-0.25, -0.2) is 0 Å². The summed E-state index contributed by atoms with van der Waals surface area (Å²) in [6.45, 7) is 7.98. The lowest BCUT2D eigenvalue weighted by Crippen LogP contribution is -2.54. The quantitative estimate of drug-likeness (QED) is 0.361. The van der Waals surface area contributed by atoms with Gasteiger partial charge in [0.25, 0.3) is 11.8 Å². The van der Waals surface area contributed by atoms with Crippen LogP contribution in [0.1, 0.15) is 60.2 Å². The summed E-state index contributed by atoms with van der Waals surface area (Å²) in [5.41, 5.74) is 7.58. The molecule has 1 aromatic carbocycles. The van der Waals surface area contributed by atoms with Crippen molar-refractivity contribution >= 4 is 28.6 Å². The van der Waals surface area contributed by atoms with E-state index in [1.165, 1.54) is 0 Å². The van der Waals surface area contributed by atoms with Gasteiger partial charge >= 0.3 is 0 Å². The predicted octanol–water partition coefficient (Wildman–Crippen LogP) is 2.09. The molecule has 1 aliphatic rings. The van der Waals surface area contributed by atoms with Gasteiger partial charge in [-0.1, -0.05) is 39.0 Å². The zero-order chi connectivity index (χ0) is 26.6. The number of amides is 3. The van der Waals surface area contributed by atoms with Crippen molar-refractivity contribution in [1.29, 1.82) is 0 Å². The van der Waals surface area contributed by atoms with E-state index in [1.54, 1.807) is 23.2 Å². The summed E-state index contributed by atoms with van der Waals surface area (Å²) in [5, 5.41) is 11.1. The Morgan fingerprint density at radius 1 is 1.11 bits per heavy atom. The number of carbonyl (C=O) groups is 3. The lowest BCUT2D eigenvalue weighted by Gasteiger charge is -2.30. The van der Waals surface area contributed by atoms with Crippen LogP contribution in [0.15, 0.2) is 42.6 Å². The molecule has 196 valence electrons. The van der Waals surface area contributed by atoms with Crippen molar-refractivity contribution in [3.8, 4) is 0 Å². The summed E-state index contributed by atoms with van der Waals surface area (Å²) in [5.74, 6) is -0.804. The molecule has 4 rings (SSSR count). The van der Waals surface area contributed by atoms with Gasteiger partial charge < -0.3 is 21.3 Å². The molecule has 4 N–H and O–H groups in total. The Bertz CT molecular complexity index is 1290. The van der Waals surface area contributed by atoms with E-state index in [4.69, 9.17) is 5.73 Å². The van der Waals surface area contributed by atoms with Gasteiger partial charge in [0.05, 0.1) is 23.3 Å². The van der Waals surface area contributed by atoms with Crippen LogP contribution in [0.5, 0.6) is 0 Å². The molecule has 0 aliphatic carbocycles. The summed E-state index contributed by atoms with van der Waals surface area (Å²) in [6.07, 6.45) is 3.39. The number of aromatic nitrogens is 3. The Morgan fingerprint density at radius 3 is 2.62 bits per heavy atom. The van der Waals surface area contributed by atoms with Crippen LogP contribution in [0.25, 0.3) is 10.9 Å². The predicted molar refractivity (Wildman–Crippen MR) is 141 cm³/mol. The number of rotatable bonds is 10. The molecule has 0 saturated heterocycles. The number of fused-ring (bicyclic) bond motifs is 2. The monoisotopic (exact) mass is 505 g/mol. The fourth-order valence-electron chi connectivity index (χ4n) is 4.52. The van der Waals surface area contributed by atoms with Crippen LogP contribution >= 0.6 is 0 Å². The van der Waals surface area contributed by atoms with Gasteiger partial charge in [0.2, 0.25) is 5.91 Å². The minimum absolute atomic E-state index is 0.0908. The zero-order valence-electron chi connectivity index (χ0n) is 21.7. The highest BCUT2D eigenvalue weighted by Crippen LogP contribution is 2.23. The van der Waals surface area contributed by atoms with Gasteiger partial charge in [0.15, 0.2) is 5.69 Å². The Kier molecular flexibility index (Phi) is 7.87. The number of hydrogen-bond donors (Lipinski definition) is 3. The second kappa shape index (κ2) is 11.1. The van der Waals surface area contributed by atoms with Crippen molar-refractivity contribution in [3.05, 3.63) is 59.5 Å². The Hall–Kier alpha value is -3.79. The average Bonchev–Trinajstić information content (AvgIpc) is 3.40. The topological polar surface area (TPSA) is 135 Å². The number of nitrogens with two attached hydrogens (primary N) is 1. The fourth-order valence-corrected chi connectivity index (χ4v) is 4.52. The van der Waals surface area contributed by atoms with Gasteiger partial charge in [-0.2, -0.15) is 5.10 Å². The highest BCUT2D eigenvalue weighted by Gasteiger charge is 2.34. The van der Waals surface area contributed by atoms with Crippen LogP contribution in [0.4, 0.5) is 0 Å². The van der Waals surface area contributed by atoms with Crippen molar-refractivity contribution in [2.24, 2.45) is 11.1 Å². The Labute approximate surface area is 216 Å². The van der Waals surface area contributed by atoms with E-state index in [9.17, 15) is 14.4 Å². The third-order valence-electron chi connectivity index (χ3n) is 6.53. The number of nitrogens with zero attached hydrogens (tertiary/aromatic N) is 4. The van der Waals surface area contributed by atoms with Gasteiger partial charge in [0, 0.05) is 31.2 Å². The lowest BCUT2D eigenvalue weighted by atomic mass is 9.86. The minimum atomic E-state index is -0.797. The van der Waals surface area contributed by atoms with Crippen LogP contribution in [0.3, 0.4) is 0 Å². The minimum Gasteiger partial charge on any atom is -0.353 e. The van der Waals surface area contributed by atoms with Crippen LogP contribution < -0.4 is 16.4 Å². The SMILES string of the molecule is CC(C)(C)[C@H](NC(=O)c1nn(CCCCN)c2ccccc12)C(=O)NCCN1Cc2ncccc2C1=O. The normalized spacial score (nSPS) is 14.1. The molecule has 10 heteroatoms. The highest BCUT2D eigenvalue weighted by atomic mass is 16.2. The first-order valence-corrected chi connectivity index (χ1v) is 12.7. The van der Waals surface area contributed by atoms with Gasteiger partial charge in [-0.3, -0.25) is 24.0 Å². The molecular formula is C27H35N7O3. The van der Waals surface area contributed by atoms with E-state index in [-0.39, 0.29) is 18.4 Å². The Balaban J connectivity index is 1.42. The standard InChI is InChI=1S/C27H35N7O3/c1-27(2,3)23(25(36)30-14-16-33-17-20-18(26(33)37)10-8-13-29-20)31-24(35)22-19-9-4-5-11-21(19)34(32-22)15-7-6-12-28/h4-5,8-11,13,23H,6-7,12,14-17,28H2,1-3H3,(H,30,36)(H,31,35)/t23-/m1/s1. The van der Waals surface area contributed by atoms with E-state index in [2.05, 4.69) is 20.7 Å². The Morgan fingerprint density at radius 2 is 1.89 bits per heavy atom. The van der Waals surface area contributed by atoms with E-state index < -0.39 is 17.4 Å². The summed E-state index contributed by atoms with van der Waals surface area (Å²) in [7, 11) is 0. The molecule has 3 amide bonds. The van der Waals surface area contributed by atoms with E-state index >= 15 is 0 Å². The number of para-hydroxylation sites is 1. The molecule has 0 saturated carbocycles. The summed E-state index contributed by atoms with van der Waals surface area (Å²) in [4.78, 5) is 45.0. The van der Waals surface area contributed by atoms with E-state index in [1.807, 2.05) is 49.7 Å². The van der Waals surface area contributed by atoms with Crippen molar-refractivity contribution in [1.82, 2.24) is 30.3 Å². The maximum atomic E-state index is 13.4. The second-order valence-corrected chi connectivity index (χ2v) is 10.4. The third kappa shape index (κ3) is 5.80. The van der Waals surface area contributed by atoms with Crippen LogP contribution in [-0.2, 0) is 17.9 Å². The molecule has 2 aromatic heterocycles. The maximum absolute atomic E-state index is 13.4. The summed E-state index contributed by atoms with van der Waals surface area (Å²) in [6, 6.07) is 10.3. The van der Waals surface area contributed by atoms with Gasteiger partial charge in [0.1, 0.15) is 6.04 Å². The maximum Gasteiger partial charge on any atom is 0.273 e. The molecule has 3 aromatic rings. The lowest BCUT2D eigenvalue weighted by molar-refractivity contribution is -0.125. The van der Waals surface area contributed by atoms with Crippen molar-refractivity contribution in [2.45, 2.75) is 52.7 Å². The molecule has 0 unspecified atom stereocenters. The van der Waals surface area contributed by atoms with Gasteiger partial charge in [-0.15, -0.1) is 0 Å². The van der Waals surface area contributed by atoms with Gasteiger partial charge in [-0.05, 0) is 43.0 Å². The summed E-state index contributed by atoms with van der Waals surface area (Å²) >= 11 is 0. The molecule has 1 aliphatic heterocycles. The molecule has 1 atom stereocenters. The van der Waals surface area contributed by atoms with Crippen molar-refractivity contribution in [2.75, 3.05) is 19.6 Å². The number of aryl methyl sites for hydroxylation is 1. The smallest absolute Gasteiger partial charge is 0.273 e. The largest absolute Gasteiger partial charge is 0.353 e. The highest BCUT2D eigenvalue weighted by molar-refractivity contribution is 6.06. The number of pyridine rings is 1. The molecule has 0 radical (unpaired) electrons. The first-order valence-electron chi connectivity index (χ1n) is 12.7. The molecule has 10 nitrogen and oxygen atoms in total. The average molecular weight is 506 g/mol. The fraction of sp³-hybridized carbons (Fsp3) is 0.444. The number of hydrogen-bond acceptors (Lipinski definition) is 6. The molecule has 0 bridgehead atoms. The van der Waals surface area contributed by atoms with E-state index in [0.717, 1.165) is 29.4 Å². The van der Waals surface area contributed by atoms with E-state index in [0.29, 0.717) is 37.4 Å². The van der Waals surface area contributed by atoms with Crippen LogP contribution in [0, 0.1) is 5.41 Å². The number of carbonyl (C=O) groups excluding carboxylic acids is 3. The molecule has 0 spiro atoms. The van der Waals surface area contributed by atoms with Crippen LogP contribution in [0.2, 0.25) is 0 Å². The summed E-state index contributed by atoms with van der Waals surface area (Å²) < 4.78 is 1.83. The van der Waals surface area contributed by atoms with Crippen molar-refractivity contribution in [3.63, 3.8) is 0 Å². The number of nitrogens with one attached hydrogen (secondary N) is 2. The number of unbranched alkanes of at least 4 members (excludes halogenated alkanes) is 1. The second-order valence-electron chi connectivity index (χ2n) is 10.4. The molecular weight excluding hydrogens is 470 g/mol.